The van der Waals surface area contributed by atoms with Crippen LogP contribution in [0.2, 0.25) is 0 Å². The molecule has 2 heteroatoms. The lowest BCUT2D eigenvalue weighted by Crippen LogP contribution is -2.41. The molecule has 0 aromatic heterocycles. The molecule has 0 aromatic rings. The van der Waals surface area contributed by atoms with Crippen molar-refractivity contribution in [2.24, 2.45) is 5.92 Å². The largest absolute Gasteiger partial charge is 0.285 e. The number of rotatable bonds is 2. The molecule has 0 bridgehead atoms. The van der Waals surface area contributed by atoms with E-state index in [4.69, 9.17) is 5.26 Å². The topological polar surface area (TPSA) is 27.0 Å². The average Bonchev–Trinajstić information content (AvgIpc) is 2.77. The van der Waals surface area contributed by atoms with Gasteiger partial charge in [-0.15, -0.1) is 0 Å². The van der Waals surface area contributed by atoms with E-state index in [-0.39, 0.29) is 6.04 Å². The maximum absolute atomic E-state index is 9.10. The van der Waals surface area contributed by atoms with Crippen molar-refractivity contribution in [2.75, 3.05) is 6.54 Å². The van der Waals surface area contributed by atoms with E-state index in [9.17, 15) is 0 Å². The van der Waals surface area contributed by atoms with Crippen LogP contribution in [0.25, 0.3) is 0 Å². The first-order valence-electron chi connectivity index (χ1n) is 6.50. The third-order valence-corrected chi connectivity index (χ3v) is 4.24. The fourth-order valence-corrected chi connectivity index (χ4v) is 3.30. The van der Waals surface area contributed by atoms with Crippen molar-refractivity contribution in [1.29, 1.82) is 5.26 Å². The van der Waals surface area contributed by atoms with Crippen molar-refractivity contribution in [1.82, 2.24) is 4.90 Å². The van der Waals surface area contributed by atoms with Gasteiger partial charge in [0.25, 0.3) is 0 Å². The van der Waals surface area contributed by atoms with E-state index in [2.05, 4.69) is 17.9 Å². The second kappa shape index (κ2) is 4.99. The summed E-state index contributed by atoms with van der Waals surface area (Å²) >= 11 is 0. The van der Waals surface area contributed by atoms with E-state index in [0.717, 1.165) is 18.4 Å². The van der Waals surface area contributed by atoms with E-state index in [0.29, 0.717) is 0 Å². The summed E-state index contributed by atoms with van der Waals surface area (Å²) in [6.07, 6.45) is 9.11. The molecular formula is C13H22N2. The lowest BCUT2D eigenvalue weighted by Gasteiger charge is -2.36. The second-order valence-corrected chi connectivity index (χ2v) is 5.12. The zero-order chi connectivity index (χ0) is 10.7. The Morgan fingerprint density at radius 3 is 2.87 bits per heavy atom. The Balaban J connectivity index is 1.95. The second-order valence-electron chi connectivity index (χ2n) is 5.12. The highest BCUT2D eigenvalue weighted by atomic mass is 15.2. The van der Waals surface area contributed by atoms with Gasteiger partial charge in [-0.05, 0) is 38.1 Å². The summed E-state index contributed by atoms with van der Waals surface area (Å²) < 4.78 is 0. The van der Waals surface area contributed by atoms with Gasteiger partial charge in [-0.1, -0.05) is 26.2 Å². The molecule has 1 saturated heterocycles. The van der Waals surface area contributed by atoms with E-state index in [1.165, 1.54) is 45.1 Å². The van der Waals surface area contributed by atoms with Gasteiger partial charge in [0.1, 0.15) is 0 Å². The molecule has 2 rings (SSSR count). The Morgan fingerprint density at radius 2 is 2.13 bits per heavy atom. The van der Waals surface area contributed by atoms with Crippen molar-refractivity contribution >= 4 is 0 Å². The van der Waals surface area contributed by atoms with Crippen molar-refractivity contribution < 1.29 is 0 Å². The van der Waals surface area contributed by atoms with Gasteiger partial charge < -0.3 is 0 Å². The van der Waals surface area contributed by atoms with Gasteiger partial charge in [-0.2, -0.15) is 5.26 Å². The number of nitriles is 1. The van der Waals surface area contributed by atoms with E-state index in [1.54, 1.807) is 0 Å². The zero-order valence-electron chi connectivity index (χ0n) is 9.78. The lowest BCUT2D eigenvalue weighted by atomic mass is 9.83. The minimum absolute atomic E-state index is 0.227. The molecule has 3 atom stereocenters. The van der Waals surface area contributed by atoms with Crippen LogP contribution >= 0.6 is 0 Å². The van der Waals surface area contributed by atoms with Crippen LogP contribution in [-0.4, -0.2) is 23.5 Å². The Hall–Kier alpha value is -0.550. The predicted octanol–water partition coefficient (Wildman–Crippen LogP) is 2.94. The minimum atomic E-state index is 0.227. The summed E-state index contributed by atoms with van der Waals surface area (Å²) in [5, 5.41) is 9.10. The highest BCUT2D eigenvalue weighted by Gasteiger charge is 2.33. The number of hydrogen-bond donors (Lipinski definition) is 0. The molecule has 2 fully saturated rings. The van der Waals surface area contributed by atoms with Gasteiger partial charge in [-0.25, -0.2) is 0 Å². The first-order chi connectivity index (χ1) is 7.35. The van der Waals surface area contributed by atoms with Crippen molar-refractivity contribution in [3.05, 3.63) is 0 Å². The molecule has 0 radical (unpaired) electrons. The summed E-state index contributed by atoms with van der Waals surface area (Å²) in [7, 11) is 0. The Labute approximate surface area is 93.3 Å². The molecule has 3 unspecified atom stereocenters. The third kappa shape index (κ3) is 2.34. The SMILES string of the molecule is CCC1CCCC(N2CCCC2C#N)C1. The monoisotopic (exact) mass is 206 g/mol. The lowest BCUT2D eigenvalue weighted by molar-refractivity contribution is 0.135. The first-order valence-corrected chi connectivity index (χ1v) is 6.50. The molecule has 84 valence electrons. The van der Waals surface area contributed by atoms with Crippen molar-refractivity contribution in [3.8, 4) is 6.07 Å². The van der Waals surface area contributed by atoms with Crippen LogP contribution in [0.5, 0.6) is 0 Å². The first kappa shape index (κ1) is 11.0. The summed E-state index contributed by atoms with van der Waals surface area (Å²) in [4.78, 5) is 2.49. The Kier molecular flexibility index (Phi) is 3.64. The molecule has 2 nitrogen and oxygen atoms in total. The van der Waals surface area contributed by atoms with Crippen LogP contribution in [0.3, 0.4) is 0 Å². The molecule has 2 aliphatic rings. The molecule has 1 heterocycles. The Morgan fingerprint density at radius 1 is 1.27 bits per heavy atom. The highest BCUT2D eigenvalue weighted by Crippen LogP contribution is 2.33. The molecule has 0 aromatic carbocycles. The molecule has 0 amide bonds. The van der Waals surface area contributed by atoms with Crippen molar-refractivity contribution in [3.63, 3.8) is 0 Å². The predicted molar refractivity (Wildman–Crippen MR) is 61.4 cm³/mol. The van der Waals surface area contributed by atoms with E-state index < -0.39 is 0 Å². The van der Waals surface area contributed by atoms with E-state index >= 15 is 0 Å². The molecular weight excluding hydrogens is 184 g/mol. The highest BCUT2D eigenvalue weighted by molar-refractivity contribution is 4.99. The van der Waals surface area contributed by atoms with Crippen molar-refractivity contribution in [2.45, 2.75) is 64.0 Å². The van der Waals surface area contributed by atoms with Gasteiger partial charge in [0.15, 0.2) is 0 Å². The molecule has 0 N–H and O–H groups in total. The van der Waals surface area contributed by atoms with Crippen LogP contribution in [-0.2, 0) is 0 Å². The fraction of sp³-hybridized carbons (Fsp3) is 0.923. The van der Waals surface area contributed by atoms with Crippen LogP contribution in [0, 0.1) is 17.2 Å². The quantitative estimate of drug-likeness (QED) is 0.694. The standard InChI is InChI=1S/C13H22N2/c1-2-11-5-3-6-12(9-11)15-8-4-7-13(15)10-14/h11-13H,2-9H2,1H3. The smallest absolute Gasteiger partial charge is 0.0980 e. The zero-order valence-corrected chi connectivity index (χ0v) is 9.78. The van der Waals surface area contributed by atoms with Crippen LogP contribution < -0.4 is 0 Å². The number of nitrogens with zero attached hydrogens (tertiary/aromatic N) is 2. The van der Waals surface area contributed by atoms with Crippen LogP contribution in [0.4, 0.5) is 0 Å². The fourth-order valence-electron chi connectivity index (χ4n) is 3.30. The molecule has 1 aliphatic heterocycles. The number of hydrogen-bond acceptors (Lipinski definition) is 2. The van der Waals surface area contributed by atoms with Gasteiger partial charge in [0, 0.05) is 6.04 Å². The summed E-state index contributed by atoms with van der Waals surface area (Å²) in [5.41, 5.74) is 0. The summed E-state index contributed by atoms with van der Waals surface area (Å²) in [5.74, 6) is 0.920. The number of likely N-dealkylation sites (tertiary alicyclic amines) is 1. The molecule has 1 aliphatic carbocycles. The summed E-state index contributed by atoms with van der Waals surface area (Å²) in [6.45, 7) is 3.47. The maximum atomic E-state index is 9.10. The van der Waals surface area contributed by atoms with Gasteiger partial charge >= 0.3 is 0 Å². The van der Waals surface area contributed by atoms with Gasteiger partial charge in [0.2, 0.25) is 0 Å². The third-order valence-electron chi connectivity index (χ3n) is 4.24. The maximum Gasteiger partial charge on any atom is 0.0980 e. The normalized spacial score (nSPS) is 37.7. The minimum Gasteiger partial charge on any atom is -0.285 e. The Bertz CT molecular complexity index is 243. The van der Waals surface area contributed by atoms with Gasteiger partial charge in [0.05, 0.1) is 12.1 Å². The van der Waals surface area contributed by atoms with Gasteiger partial charge in [-0.3, -0.25) is 4.90 Å². The molecule has 15 heavy (non-hydrogen) atoms. The van der Waals surface area contributed by atoms with Crippen LogP contribution in [0.1, 0.15) is 51.9 Å². The molecule has 1 saturated carbocycles. The summed E-state index contributed by atoms with van der Waals surface area (Å²) in [6, 6.07) is 3.42. The van der Waals surface area contributed by atoms with Crippen LogP contribution in [0.15, 0.2) is 0 Å². The average molecular weight is 206 g/mol. The van der Waals surface area contributed by atoms with E-state index in [1.807, 2.05) is 0 Å². The molecule has 0 spiro atoms.